The highest BCUT2D eigenvalue weighted by molar-refractivity contribution is 7.80. The van der Waals surface area contributed by atoms with Crippen LogP contribution < -0.4 is 16.0 Å². The van der Waals surface area contributed by atoms with Gasteiger partial charge in [-0.15, -0.1) is 0 Å². The molecule has 0 unspecified atom stereocenters. The summed E-state index contributed by atoms with van der Waals surface area (Å²) >= 11 is 12.6. The summed E-state index contributed by atoms with van der Waals surface area (Å²) in [5.74, 6) is -0.439. The number of carbonyl (C=O) groups is 2. The Kier molecular flexibility index (Phi) is 6.56. The normalized spacial score (nSPS) is 10.5. The number of halogens is 1. The number of thiazole rings is 1. The number of anilines is 2. The Bertz CT molecular complexity index is 1050. The summed E-state index contributed by atoms with van der Waals surface area (Å²) in [6.45, 7) is 1.95. The molecule has 6 nitrogen and oxygen atoms in total. The number of nitrogens with one attached hydrogen (secondary N) is 3. The van der Waals surface area contributed by atoms with Crippen LogP contribution in [0.25, 0.3) is 10.2 Å². The first kappa shape index (κ1) is 20.2. The van der Waals surface area contributed by atoms with Gasteiger partial charge in [-0.25, -0.2) is 4.98 Å². The first-order valence-corrected chi connectivity index (χ1v) is 10.1. The summed E-state index contributed by atoms with van der Waals surface area (Å²) < 4.78 is 0.886. The van der Waals surface area contributed by atoms with Crippen molar-refractivity contribution in [2.45, 2.75) is 19.8 Å². The second-order valence-corrected chi connectivity index (χ2v) is 7.73. The molecule has 0 atom stereocenters. The highest BCUT2D eigenvalue weighted by atomic mass is 35.5. The summed E-state index contributed by atoms with van der Waals surface area (Å²) in [6, 6.07) is 12.2. The van der Waals surface area contributed by atoms with Gasteiger partial charge in [-0.05, 0) is 49.0 Å². The predicted molar refractivity (Wildman–Crippen MR) is 118 cm³/mol. The first-order valence-electron chi connectivity index (χ1n) is 8.53. The van der Waals surface area contributed by atoms with Gasteiger partial charge in [-0.2, -0.15) is 0 Å². The van der Waals surface area contributed by atoms with Gasteiger partial charge < -0.3 is 10.6 Å². The van der Waals surface area contributed by atoms with Gasteiger partial charge in [0.2, 0.25) is 5.91 Å². The van der Waals surface area contributed by atoms with Crippen molar-refractivity contribution < 1.29 is 9.59 Å². The summed E-state index contributed by atoms with van der Waals surface area (Å²) in [6.07, 6.45) is 1.24. The molecule has 0 aliphatic rings. The zero-order valence-electron chi connectivity index (χ0n) is 14.9. The molecule has 144 valence electrons. The SMILES string of the molecule is CCCC(=O)Nc1nc2ccc(NC(=S)NC(=O)c3ccccc3Cl)cc2s1. The molecule has 0 aliphatic heterocycles. The van der Waals surface area contributed by atoms with Gasteiger partial charge in [-0.1, -0.05) is 42.0 Å². The number of benzene rings is 2. The van der Waals surface area contributed by atoms with Crippen LogP contribution in [0, 0.1) is 0 Å². The fourth-order valence-electron chi connectivity index (χ4n) is 2.44. The van der Waals surface area contributed by atoms with Crippen molar-refractivity contribution >= 4 is 73.1 Å². The highest BCUT2D eigenvalue weighted by Crippen LogP contribution is 2.28. The minimum Gasteiger partial charge on any atom is -0.332 e. The number of hydrogen-bond acceptors (Lipinski definition) is 5. The molecule has 1 heterocycles. The zero-order valence-corrected chi connectivity index (χ0v) is 17.3. The van der Waals surface area contributed by atoms with Crippen LogP contribution in [-0.2, 0) is 4.79 Å². The van der Waals surface area contributed by atoms with Crippen LogP contribution in [0.5, 0.6) is 0 Å². The summed E-state index contributed by atoms with van der Waals surface area (Å²) in [5.41, 5.74) is 1.82. The van der Waals surface area contributed by atoms with E-state index in [4.69, 9.17) is 23.8 Å². The van der Waals surface area contributed by atoms with Crippen LogP contribution in [0.3, 0.4) is 0 Å². The van der Waals surface area contributed by atoms with Gasteiger partial charge in [0, 0.05) is 12.1 Å². The number of aromatic nitrogens is 1. The van der Waals surface area contributed by atoms with Gasteiger partial charge >= 0.3 is 0 Å². The fraction of sp³-hybridized carbons (Fsp3) is 0.158. The topological polar surface area (TPSA) is 83.1 Å². The molecule has 3 aromatic rings. The molecular formula is C19H17ClN4O2S2. The maximum absolute atomic E-state index is 12.3. The number of amides is 2. The van der Waals surface area contributed by atoms with Gasteiger partial charge in [-0.3, -0.25) is 14.9 Å². The molecule has 0 aliphatic carbocycles. The number of rotatable bonds is 5. The number of nitrogens with zero attached hydrogens (tertiary/aromatic N) is 1. The second-order valence-electron chi connectivity index (χ2n) is 5.89. The van der Waals surface area contributed by atoms with Crippen molar-refractivity contribution in [2.24, 2.45) is 0 Å². The van der Waals surface area contributed by atoms with E-state index in [9.17, 15) is 9.59 Å². The maximum atomic E-state index is 12.3. The van der Waals surface area contributed by atoms with E-state index in [1.165, 1.54) is 11.3 Å². The second kappa shape index (κ2) is 9.09. The van der Waals surface area contributed by atoms with E-state index in [-0.39, 0.29) is 16.9 Å². The van der Waals surface area contributed by atoms with Crippen LogP contribution >= 0.6 is 35.2 Å². The zero-order chi connectivity index (χ0) is 20.1. The molecule has 2 amide bonds. The van der Waals surface area contributed by atoms with Crippen molar-refractivity contribution in [3.63, 3.8) is 0 Å². The summed E-state index contributed by atoms with van der Waals surface area (Å²) in [4.78, 5) is 28.4. The maximum Gasteiger partial charge on any atom is 0.258 e. The molecule has 0 spiro atoms. The molecule has 2 aromatic carbocycles. The average Bonchev–Trinajstić information content (AvgIpc) is 3.03. The van der Waals surface area contributed by atoms with E-state index < -0.39 is 0 Å². The Hall–Kier alpha value is -2.55. The predicted octanol–water partition coefficient (Wildman–Crippen LogP) is 4.82. The Morgan fingerprint density at radius 3 is 2.71 bits per heavy atom. The molecule has 3 rings (SSSR count). The lowest BCUT2D eigenvalue weighted by Crippen LogP contribution is -2.34. The molecular weight excluding hydrogens is 416 g/mol. The molecule has 0 radical (unpaired) electrons. The Balaban J connectivity index is 1.66. The molecule has 0 fully saturated rings. The van der Waals surface area contributed by atoms with Crippen LogP contribution in [-0.4, -0.2) is 21.9 Å². The van der Waals surface area contributed by atoms with Gasteiger partial charge in [0.1, 0.15) is 0 Å². The molecule has 28 heavy (non-hydrogen) atoms. The van der Waals surface area contributed by atoms with Crippen molar-refractivity contribution in [2.75, 3.05) is 10.6 Å². The standard InChI is InChI=1S/C19H17ClN4O2S2/c1-2-5-16(25)23-19-22-14-9-8-11(10-15(14)28-19)21-18(27)24-17(26)12-6-3-4-7-13(12)20/h3-4,6-10H,2,5H2,1H3,(H,22,23,25)(H2,21,24,26,27). The number of hydrogen-bond donors (Lipinski definition) is 3. The summed E-state index contributed by atoms with van der Waals surface area (Å²) in [7, 11) is 0. The van der Waals surface area contributed by atoms with E-state index in [0.717, 1.165) is 16.6 Å². The van der Waals surface area contributed by atoms with E-state index in [1.54, 1.807) is 30.3 Å². The van der Waals surface area contributed by atoms with Crippen molar-refractivity contribution in [3.8, 4) is 0 Å². The van der Waals surface area contributed by atoms with Crippen molar-refractivity contribution in [1.82, 2.24) is 10.3 Å². The number of fused-ring (bicyclic) bond motifs is 1. The number of thiocarbonyl (C=S) groups is 1. The van der Waals surface area contributed by atoms with Crippen LogP contribution in [0.4, 0.5) is 10.8 Å². The lowest BCUT2D eigenvalue weighted by atomic mass is 10.2. The number of carbonyl (C=O) groups excluding carboxylic acids is 2. The largest absolute Gasteiger partial charge is 0.332 e. The van der Waals surface area contributed by atoms with E-state index in [1.807, 2.05) is 19.1 Å². The molecule has 1 aromatic heterocycles. The van der Waals surface area contributed by atoms with Crippen molar-refractivity contribution in [1.29, 1.82) is 0 Å². The lowest BCUT2D eigenvalue weighted by Gasteiger charge is -2.10. The van der Waals surface area contributed by atoms with E-state index in [0.29, 0.717) is 27.8 Å². The minimum absolute atomic E-state index is 0.0524. The molecule has 3 N–H and O–H groups in total. The third-order valence-corrected chi connectivity index (χ3v) is 5.18. The van der Waals surface area contributed by atoms with E-state index >= 15 is 0 Å². The highest BCUT2D eigenvalue weighted by Gasteiger charge is 2.12. The Morgan fingerprint density at radius 2 is 1.96 bits per heavy atom. The van der Waals surface area contributed by atoms with Crippen LogP contribution in [0.15, 0.2) is 42.5 Å². The average molecular weight is 433 g/mol. The van der Waals surface area contributed by atoms with E-state index in [2.05, 4.69) is 20.9 Å². The van der Waals surface area contributed by atoms with Crippen molar-refractivity contribution in [3.05, 3.63) is 53.1 Å². The fourth-order valence-corrected chi connectivity index (χ4v) is 3.80. The Labute approximate surface area is 176 Å². The molecule has 0 saturated carbocycles. The molecule has 0 saturated heterocycles. The first-order chi connectivity index (χ1) is 13.5. The lowest BCUT2D eigenvalue weighted by molar-refractivity contribution is -0.116. The third kappa shape index (κ3) is 5.03. The van der Waals surface area contributed by atoms with Crippen LogP contribution in [0.1, 0.15) is 30.1 Å². The minimum atomic E-state index is -0.386. The third-order valence-electron chi connectivity index (χ3n) is 3.72. The molecule has 9 heteroatoms. The van der Waals surface area contributed by atoms with Crippen LogP contribution in [0.2, 0.25) is 5.02 Å². The van der Waals surface area contributed by atoms with Gasteiger partial charge in [0.15, 0.2) is 10.2 Å². The summed E-state index contributed by atoms with van der Waals surface area (Å²) in [5, 5.41) is 9.44. The van der Waals surface area contributed by atoms with Gasteiger partial charge in [0.05, 0.1) is 20.8 Å². The smallest absolute Gasteiger partial charge is 0.258 e. The molecule has 0 bridgehead atoms. The monoisotopic (exact) mass is 432 g/mol. The quantitative estimate of drug-likeness (QED) is 0.503. The Morgan fingerprint density at radius 1 is 1.18 bits per heavy atom. The van der Waals surface area contributed by atoms with Gasteiger partial charge in [0.25, 0.3) is 5.91 Å².